The minimum Gasteiger partial charge on any atom is -0.550 e. The molecular formula is C57H111FeO9. The molecule has 401 valence electrons. The molecule has 0 amide bonds. The van der Waals surface area contributed by atoms with Gasteiger partial charge in [-0.1, -0.05) is 233 Å². The molecule has 0 spiro atoms. The van der Waals surface area contributed by atoms with E-state index in [0.29, 0.717) is 19.3 Å². The summed E-state index contributed by atoms with van der Waals surface area (Å²) in [4.78, 5) is 31.1. The Balaban J connectivity index is -0.000000441. The Morgan fingerprint density at radius 3 is 0.582 bits per heavy atom. The SMILES string of the molecule is CCCCCCCCCCCCCC(CO)CCCC(=O)[O-].CCCCCCCCCCCCCC(CO)CCCC(=O)[O-].CCCCCCCCCCCCCC(CO)CCCC(=O)[O-].[Fe+3]. The van der Waals surface area contributed by atoms with Gasteiger partial charge in [0.15, 0.2) is 0 Å². The topological polar surface area (TPSA) is 181 Å². The first-order chi connectivity index (χ1) is 32.1. The number of aliphatic hydroxyl groups is 3. The third-order valence-electron chi connectivity index (χ3n) is 13.4. The first kappa shape index (κ1) is 72.4. The van der Waals surface area contributed by atoms with Crippen molar-refractivity contribution < 1.29 is 62.1 Å². The van der Waals surface area contributed by atoms with E-state index >= 15 is 0 Å². The Hall–Kier alpha value is -1.19. The van der Waals surface area contributed by atoms with Crippen molar-refractivity contribution in [3.63, 3.8) is 0 Å². The summed E-state index contributed by atoms with van der Waals surface area (Å²) in [5.41, 5.74) is 0. The molecule has 0 heterocycles. The number of carboxylic acids is 3. The number of aliphatic carboxylic acids is 3. The standard InChI is InChI=1S/3C19H38O3.Fe/c3*1-2-3-4-5-6-7-8-9-10-11-12-14-18(17-20)15-13-16-19(21)22;/h3*18,20H,2-17H2,1H3,(H,21,22);/q;;;+3/p-3. The zero-order chi connectivity index (χ0) is 49.4. The zero-order valence-electron chi connectivity index (χ0n) is 44.3. The third kappa shape index (κ3) is 66.9. The van der Waals surface area contributed by atoms with E-state index in [-0.39, 0.29) is 73.9 Å². The molecule has 0 rings (SSSR count). The average molecular weight is 996 g/mol. The van der Waals surface area contributed by atoms with Crippen molar-refractivity contribution in [1.82, 2.24) is 0 Å². The van der Waals surface area contributed by atoms with Gasteiger partial charge in [-0.15, -0.1) is 0 Å². The van der Waals surface area contributed by atoms with Gasteiger partial charge in [-0.3, -0.25) is 0 Å². The first-order valence-corrected chi connectivity index (χ1v) is 28.5. The van der Waals surface area contributed by atoms with Gasteiger partial charge in [0.25, 0.3) is 0 Å². The molecule has 0 saturated heterocycles. The van der Waals surface area contributed by atoms with Crippen molar-refractivity contribution in [3.8, 4) is 0 Å². The van der Waals surface area contributed by atoms with Gasteiger partial charge < -0.3 is 45.0 Å². The summed E-state index contributed by atoms with van der Waals surface area (Å²) in [7, 11) is 0. The zero-order valence-corrected chi connectivity index (χ0v) is 45.4. The molecule has 0 aliphatic heterocycles. The number of aliphatic hydroxyl groups excluding tert-OH is 3. The molecular weight excluding hydrogens is 884 g/mol. The number of hydrogen-bond acceptors (Lipinski definition) is 9. The second-order valence-electron chi connectivity index (χ2n) is 19.9. The maximum Gasteiger partial charge on any atom is 3.00 e. The monoisotopic (exact) mass is 996 g/mol. The smallest absolute Gasteiger partial charge is 0.550 e. The van der Waals surface area contributed by atoms with Crippen molar-refractivity contribution in [2.75, 3.05) is 19.8 Å². The van der Waals surface area contributed by atoms with E-state index in [4.69, 9.17) is 0 Å². The van der Waals surface area contributed by atoms with Crippen LogP contribution in [0.2, 0.25) is 0 Å². The molecule has 0 aromatic rings. The van der Waals surface area contributed by atoms with Gasteiger partial charge in [-0.05, 0) is 94.8 Å². The summed E-state index contributed by atoms with van der Waals surface area (Å²) < 4.78 is 0. The van der Waals surface area contributed by atoms with Crippen LogP contribution in [0, 0.1) is 17.8 Å². The molecule has 0 saturated carbocycles. The molecule has 67 heavy (non-hydrogen) atoms. The van der Waals surface area contributed by atoms with Crippen LogP contribution < -0.4 is 15.3 Å². The second kappa shape index (κ2) is 62.8. The Labute approximate surface area is 425 Å². The number of carboxylic acid groups (broad SMARTS) is 3. The minimum atomic E-state index is -0.980. The van der Waals surface area contributed by atoms with Crippen molar-refractivity contribution in [1.29, 1.82) is 0 Å². The number of carbonyl (C=O) groups excluding carboxylic acids is 3. The normalized spacial score (nSPS) is 12.3. The van der Waals surface area contributed by atoms with Crippen molar-refractivity contribution in [2.24, 2.45) is 17.8 Å². The van der Waals surface area contributed by atoms with Gasteiger partial charge in [-0.25, -0.2) is 0 Å². The summed E-state index contributed by atoms with van der Waals surface area (Å²) in [6, 6.07) is 0. The van der Waals surface area contributed by atoms with Crippen LogP contribution in [0.15, 0.2) is 0 Å². The molecule has 0 aliphatic carbocycles. The van der Waals surface area contributed by atoms with Gasteiger partial charge in [0, 0.05) is 37.7 Å². The van der Waals surface area contributed by atoms with Gasteiger partial charge in [0.1, 0.15) is 0 Å². The van der Waals surface area contributed by atoms with Gasteiger partial charge in [0.05, 0.1) is 0 Å². The van der Waals surface area contributed by atoms with Crippen LogP contribution >= 0.6 is 0 Å². The predicted octanol–water partition coefficient (Wildman–Crippen LogP) is 12.6. The van der Waals surface area contributed by atoms with Crippen molar-refractivity contribution in [2.45, 2.75) is 310 Å². The van der Waals surface area contributed by atoms with Crippen molar-refractivity contribution in [3.05, 3.63) is 0 Å². The van der Waals surface area contributed by atoms with E-state index in [1.807, 2.05) is 0 Å². The Morgan fingerprint density at radius 2 is 0.433 bits per heavy atom. The summed E-state index contributed by atoms with van der Waals surface area (Å²) in [5, 5.41) is 58.9. The minimum absolute atomic E-state index is 0. The predicted molar refractivity (Wildman–Crippen MR) is 272 cm³/mol. The molecule has 0 fully saturated rings. The van der Waals surface area contributed by atoms with Crippen LogP contribution in [0.1, 0.15) is 310 Å². The Morgan fingerprint density at radius 1 is 0.284 bits per heavy atom. The average Bonchev–Trinajstić information content (AvgIpc) is 3.30. The Kier molecular flexibility index (Phi) is 67.8. The number of rotatable bonds is 51. The van der Waals surface area contributed by atoms with Gasteiger partial charge in [0.2, 0.25) is 0 Å². The number of unbranched alkanes of at least 4 members (excludes halogenated alkanes) is 30. The molecule has 0 aromatic carbocycles. The van der Waals surface area contributed by atoms with E-state index in [2.05, 4.69) is 20.8 Å². The van der Waals surface area contributed by atoms with E-state index in [1.165, 1.54) is 193 Å². The fraction of sp³-hybridized carbons (Fsp3) is 0.947. The molecule has 3 atom stereocenters. The molecule has 1 radical (unpaired) electrons. The number of carbonyl (C=O) groups is 3. The maximum absolute atomic E-state index is 10.4. The second-order valence-corrected chi connectivity index (χ2v) is 19.9. The van der Waals surface area contributed by atoms with Crippen molar-refractivity contribution >= 4 is 17.9 Å². The van der Waals surface area contributed by atoms with E-state index in [9.17, 15) is 45.0 Å². The van der Waals surface area contributed by atoms with Gasteiger partial charge in [-0.2, -0.15) is 0 Å². The fourth-order valence-corrected chi connectivity index (χ4v) is 8.88. The Bertz CT molecular complexity index is 849. The van der Waals surface area contributed by atoms with Crippen LogP contribution in [0.4, 0.5) is 0 Å². The van der Waals surface area contributed by atoms with Crippen LogP contribution in [0.25, 0.3) is 0 Å². The molecule has 10 heteroatoms. The summed E-state index contributed by atoms with van der Waals surface area (Å²) in [6.07, 6.45) is 51.8. The molecule has 3 N–H and O–H groups in total. The van der Waals surface area contributed by atoms with Crippen LogP contribution in [0.3, 0.4) is 0 Å². The molecule has 3 unspecified atom stereocenters. The van der Waals surface area contributed by atoms with Crippen LogP contribution in [-0.2, 0) is 31.5 Å². The molecule has 0 bridgehead atoms. The summed E-state index contributed by atoms with van der Waals surface area (Å²) >= 11 is 0. The van der Waals surface area contributed by atoms with Gasteiger partial charge >= 0.3 is 17.1 Å². The van der Waals surface area contributed by atoms with E-state index in [1.54, 1.807) is 0 Å². The van der Waals surface area contributed by atoms with E-state index in [0.717, 1.165) is 57.8 Å². The molecule has 9 nitrogen and oxygen atoms in total. The number of hydrogen-bond donors (Lipinski definition) is 3. The first-order valence-electron chi connectivity index (χ1n) is 28.5. The summed E-state index contributed by atoms with van der Waals surface area (Å²) in [6.45, 7) is 7.32. The van der Waals surface area contributed by atoms with E-state index < -0.39 is 17.9 Å². The van der Waals surface area contributed by atoms with Crippen LogP contribution in [-0.4, -0.2) is 53.0 Å². The summed E-state index contributed by atoms with van der Waals surface area (Å²) in [5.74, 6) is -2.11. The maximum atomic E-state index is 10.4. The third-order valence-corrected chi connectivity index (χ3v) is 13.4. The largest absolute Gasteiger partial charge is 3.00 e. The quantitative estimate of drug-likeness (QED) is 0.0395. The van der Waals surface area contributed by atoms with Crippen LogP contribution in [0.5, 0.6) is 0 Å². The molecule has 0 aliphatic rings. The fourth-order valence-electron chi connectivity index (χ4n) is 8.88. The molecule has 0 aromatic heterocycles.